The molecule has 5 N–H and O–H groups in total. The van der Waals surface area contributed by atoms with Gasteiger partial charge < -0.3 is 16.4 Å². The fraction of sp³-hybridized carbons (Fsp3) is 0.227. The standard InChI is InChI=1S/C22H20Cl2N8O/c23-14-3-1-2-13(16(14)24)17-15-18(19(25)33)28-21(29-20(15)31-30-17)32-10-6-22(26,7-11-32)12-4-8-27-9-5-12/h1-5,8-9H,6-7,10-11,26H2,(H2,25,33)(H,28,29,30,31). The van der Waals surface area contributed by atoms with Gasteiger partial charge in [0.15, 0.2) is 5.65 Å². The van der Waals surface area contributed by atoms with Crippen molar-refractivity contribution in [1.82, 2.24) is 25.1 Å². The first-order valence-corrected chi connectivity index (χ1v) is 11.1. The van der Waals surface area contributed by atoms with Gasteiger partial charge in [0.2, 0.25) is 5.95 Å². The van der Waals surface area contributed by atoms with Gasteiger partial charge in [0.1, 0.15) is 11.4 Å². The first-order chi connectivity index (χ1) is 15.9. The SMILES string of the molecule is NC(=O)c1nc(N2CCC(N)(c3ccncc3)CC2)nc2[nH]nc(-c3cccc(Cl)c3Cl)c12. The second kappa shape index (κ2) is 8.26. The molecule has 0 spiro atoms. The molecule has 11 heteroatoms. The molecule has 1 aliphatic heterocycles. The van der Waals surface area contributed by atoms with E-state index in [-0.39, 0.29) is 5.69 Å². The van der Waals surface area contributed by atoms with Crippen LogP contribution in [0.2, 0.25) is 10.0 Å². The number of halogens is 2. The largest absolute Gasteiger partial charge is 0.364 e. The van der Waals surface area contributed by atoms with Crippen molar-refractivity contribution in [3.63, 3.8) is 0 Å². The molecule has 0 radical (unpaired) electrons. The number of anilines is 1. The van der Waals surface area contributed by atoms with Gasteiger partial charge in [-0.15, -0.1) is 0 Å². The van der Waals surface area contributed by atoms with Crippen LogP contribution in [0.3, 0.4) is 0 Å². The number of pyridine rings is 1. The van der Waals surface area contributed by atoms with E-state index in [2.05, 4.69) is 25.1 Å². The Hall–Kier alpha value is -3.27. The Balaban J connectivity index is 1.51. The number of benzene rings is 1. The number of carbonyl (C=O) groups excluding carboxylic acids is 1. The van der Waals surface area contributed by atoms with E-state index >= 15 is 0 Å². The molecule has 0 unspecified atom stereocenters. The zero-order valence-corrected chi connectivity index (χ0v) is 18.9. The van der Waals surface area contributed by atoms with Gasteiger partial charge in [0.05, 0.1) is 15.4 Å². The minimum Gasteiger partial charge on any atom is -0.364 e. The van der Waals surface area contributed by atoms with E-state index in [0.717, 1.165) is 5.56 Å². The van der Waals surface area contributed by atoms with Crippen LogP contribution in [0.5, 0.6) is 0 Å². The van der Waals surface area contributed by atoms with E-state index < -0.39 is 11.4 Å². The summed E-state index contributed by atoms with van der Waals surface area (Å²) in [5, 5.41) is 8.31. The van der Waals surface area contributed by atoms with Crippen molar-refractivity contribution in [2.75, 3.05) is 18.0 Å². The average Bonchev–Trinajstić information content (AvgIpc) is 3.25. The van der Waals surface area contributed by atoms with Crippen molar-refractivity contribution in [3.05, 3.63) is 64.0 Å². The second-order valence-electron chi connectivity index (χ2n) is 8.01. The summed E-state index contributed by atoms with van der Waals surface area (Å²) in [4.78, 5) is 27.5. The van der Waals surface area contributed by atoms with Crippen LogP contribution in [-0.4, -0.2) is 44.1 Å². The number of hydrogen-bond donors (Lipinski definition) is 3. The number of carbonyl (C=O) groups is 1. The van der Waals surface area contributed by atoms with Gasteiger partial charge >= 0.3 is 0 Å². The fourth-order valence-corrected chi connectivity index (χ4v) is 4.59. The van der Waals surface area contributed by atoms with Gasteiger partial charge in [-0.2, -0.15) is 10.1 Å². The number of hydrogen-bond acceptors (Lipinski definition) is 7. The van der Waals surface area contributed by atoms with Crippen molar-refractivity contribution in [3.8, 4) is 11.3 Å². The third kappa shape index (κ3) is 3.78. The molecule has 0 saturated carbocycles. The van der Waals surface area contributed by atoms with E-state index in [1.807, 2.05) is 17.0 Å². The van der Waals surface area contributed by atoms with Crippen molar-refractivity contribution in [2.24, 2.45) is 11.5 Å². The molecule has 3 aromatic heterocycles. The smallest absolute Gasteiger partial charge is 0.268 e. The van der Waals surface area contributed by atoms with Crippen molar-refractivity contribution >= 4 is 46.1 Å². The Morgan fingerprint density at radius 3 is 2.52 bits per heavy atom. The van der Waals surface area contributed by atoms with Crippen molar-refractivity contribution in [1.29, 1.82) is 0 Å². The molecule has 1 aromatic carbocycles. The summed E-state index contributed by atoms with van der Waals surface area (Å²) in [6, 6.07) is 9.06. The van der Waals surface area contributed by atoms with E-state index in [1.54, 1.807) is 30.6 Å². The van der Waals surface area contributed by atoms with Gasteiger partial charge in [-0.3, -0.25) is 14.9 Å². The lowest BCUT2D eigenvalue weighted by molar-refractivity contribution is 0.0997. The molecule has 33 heavy (non-hydrogen) atoms. The maximum absolute atomic E-state index is 12.4. The van der Waals surface area contributed by atoms with E-state index in [9.17, 15) is 4.79 Å². The monoisotopic (exact) mass is 482 g/mol. The average molecular weight is 483 g/mol. The summed E-state index contributed by atoms with van der Waals surface area (Å²) in [6.45, 7) is 1.23. The van der Waals surface area contributed by atoms with E-state index in [1.165, 1.54) is 0 Å². The number of piperidine rings is 1. The molecule has 168 valence electrons. The zero-order chi connectivity index (χ0) is 23.2. The third-order valence-corrected chi connectivity index (χ3v) is 6.86. The lowest BCUT2D eigenvalue weighted by Gasteiger charge is -2.39. The van der Waals surface area contributed by atoms with Gasteiger partial charge in [-0.1, -0.05) is 35.3 Å². The van der Waals surface area contributed by atoms with Gasteiger partial charge in [0.25, 0.3) is 5.91 Å². The predicted octanol–water partition coefficient (Wildman–Crippen LogP) is 3.28. The molecule has 1 amide bonds. The van der Waals surface area contributed by atoms with E-state index in [0.29, 0.717) is 64.2 Å². The van der Waals surface area contributed by atoms with Crippen LogP contribution < -0.4 is 16.4 Å². The number of amides is 1. The number of aromatic amines is 1. The van der Waals surface area contributed by atoms with Crippen LogP contribution in [0.4, 0.5) is 5.95 Å². The quantitative estimate of drug-likeness (QED) is 0.405. The van der Waals surface area contributed by atoms with Gasteiger partial charge in [-0.25, -0.2) is 4.98 Å². The molecular formula is C22H20Cl2N8O. The number of H-pyrrole nitrogens is 1. The molecule has 0 bridgehead atoms. The fourth-order valence-electron chi connectivity index (χ4n) is 4.20. The molecule has 4 heterocycles. The normalized spacial score (nSPS) is 15.7. The van der Waals surface area contributed by atoms with E-state index in [4.69, 9.17) is 34.7 Å². The molecule has 0 atom stereocenters. The molecule has 0 aliphatic carbocycles. The Labute approximate surface area is 199 Å². The highest BCUT2D eigenvalue weighted by molar-refractivity contribution is 6.43. The second-order valence-corrected chi connectivity index (χ2v) is 8.80. The predicted molar refractivity (Wildman–Crippen MR) is 127 cm³/mol. The van der Waals surface area contributed by atoms with Crippen LogP contribution >= 0.6 is 23.2 Å². The molecule has 1 aliphatic rings. The third-order valence-electron chi connectivity index (χ3n) is 6.04. The van der Waals surface area contributed by atoms with Crippen molar-refractivity contribution < 1.29 is 4.79 Å². The minimum atomic E-state index is -0.689. The highest BCUT2D eigenvalue weighted by Crippen LogP contribution is 2.37. The minimum absolute atomic E-state index is 0.0634. The number of aromatic nitrogens is 5. The maximum atomic E-state index is 12.4. The molecule has 9 nitrogen and oxygen atoms in total. The summed E-state index contributed by atoms with van der Waals surface area (Å²) in [7, 11) is 0. The molecule has 4 aromatic rings. The molecule has 1 saturated heterocycles. The number of primary amides is 1. The summed E-state index contributed by atoms with van der Waals surface area (Å²) < 4.78 is 0. The number of nitrogens with two attached hydrogens (primary N) is 2. The molecular weight excluding hydrogens is 463 g/mol. The van der Waals surface area contributed by atoms with Crippen LogP contribution in [0.25, 0.3) is 22.3 Å². The Kier molecular flexibility index (Phi) is 5.40. The lowest BCUT2D eigenvalue weighted by Crippen LogP contribution is -2.48. The summed E-state index contributed by atoms with van der Waals surface area (Å²) in [6.07, 6.45) is 4.87. The Bertz CT molecular complexity index is 1350. The topological polar surface area (TPSA) is 140 Å². The highest BCUT2D eigenvalue weighted by atomic mass is 35.5. The van der Waals surface area contributed by atoms with Gasteiger partial charge in [0, 0.05) is 36.6 Å². The number of nitrogens with one attached hydrogen (secondary N) is 1. The molecule has 5 rings (SSSR count). The number of fused-ring (bicyclic) bond motifs is 1. The number of nitrogens with zero attached hydrogens (tertiary/aromatic N) is 5. The van der Waals surface area contributed by atoms with Crippen LogP contribution in [0, 0.1) is 0 Å². The maximum Gasteiger partial charge on any atom is 0.268 e. The zero-order valence-electron chi connectivity index (χ0n) is 17.4. The molecule has 1 fully saturated rings. The summed E-state index contributed by atoms with van der Waals surface area (Å²) >= 11 is 12.5. The van der Waals surface area contributed by atoms with Crippen LogP contribution in [0.15, 0.2) is 42.7 Å². The summed E-state index contributed by atoms with van der Waals surface area (Å²) in [5.41, 5.74) is 14.4. The Morgan fingerprint density at radius 2 is 1.82 bits per heavy atom. The summed E-state index contributed by atoms with van der Waals surface area (Å²) in [5.74, 6) is -0.299. The Morgan fingerprint density at radius 1 is 1.09 bits per heavy atom. The van der Waals surface area contributed by atoms with Gasteiger partial charge in [-0.05, 0) is 36.6 Å². The van der Waals surface area contributed by atoms with Crippen LogP contribution in [0.1, 0.15) is 28.9 Å². The van der Waals surface area contributed by atoms with Crippen LogP contribution in [-0.2, 0) is 5.54 Å². The first kappa shape index (κ1) is 21.6. The van der Waals surface area contributed by atoms with Crippen molar-refractivity contribution in [2.45, 2.75) is 18.4 Å². The first-order valence-electron chi connectivity index (χ1n) is 10.3. The lowest BCUT2D eigenvalue weighted by atomic mass is 9.82. The highest BCUT2D eigenvalue weighted by Gasteiger charge is 2.34. The number of rotatable bonds is 4.